The van der Waals surface area contributed by atoms with Crippen LogP contribution in [-0.2, 0) is 11.2 Å². The molecule has 25 heavy (non-hydrogen) atoms. The van der Waals surface area contributed by atoms with Crippen molar-refractivity contribution in [2.75, 3.05) is 0 Å². The second-order valence-electron chi connectivity index (χ2n) is 6.81. The molecule has 2 unspecified atom stereocenters. The molecular formula is C21H21N3O. The molecule has 0 aliphatic heterocycles. The van der Waals surface area contributed by atoms with Gasteiger partial charge in [0.1, 0.15) is 0 Å². The number of fused-ring (bicyclic) bond motifs is 2. The molecule has 0 saturated carbocycles. The zero-order valence-electron chi connectivity index (χ0n) is 14.4. The van der Waals surface area contributed by atoms with E-state index in [9.17, 15) is 4.79 Å². The minimum absolute atomic E-state index is 0.0607. The van der Waals surface area contributed by atoms with Gasteiger partial charge in [-0.1, -0.05) is 43.3 Å². The van der Waals surface area contributed by atoms with Crippen LogP contribution >= 0.6 is 0 Å². The number of H-pyrrole nitrogens is 1. The number of rotatable bonds is 3. The number of hydrogen-bond acceptors (Lipinski definition) is 2. The van der Waals surface area contributed by atoms with Gasteiger partial charge in [0.2, 0.25) is 5.91 Å². The predicted octanol–water partition coefficient (Wildman–Crippen LogP) is 3.93. The summed E-state index contributed by atoms with van der Waals surface area (Å²) in [4.78, 5) is 12.4. The molecule has 1 heterocycles. The highest BCUT2D eigenvalue weighted by molar-refractivity contribution is 5.93. The molecule has 1 amide bonds. The lowest BCUT2D eigenvalue weighted by Gasteiger charge is -2.17. The molecule has 4 rings (SSSR count). The lowest BCUT2D eigenvalue weighted by Crippen LogP contribution is -2.28. The van der Waals surface area contributed by atoms with Crippen LogP contribution in [0.2, 0.25) is 0 Å². The Kier molecular flexibility index (Phi) is 3.88. The van der Waals surface area contributed by atoms with Crippen molar-refractivity contribution in [2.24, 2.45) is 5.92 Å². The molecule has 0 bridgehead atoms. The Morgan fingerprint density at radius 1 is 1.28 bits per heavy atom. The average molecular weight is 331 g/mol. The fraction of sp³-hybridized carbons (Fsp3) is 0.238. The van der Waals surface area contributed by atoms with E-state index in [0.717, 1.165) is 28.6 Å². The van der Waals surface area contributed by atoms with Crippen LogP contribution in [-0.4, -0.2) is 16.1 Å². The molecule has 2 aromatic carbocycles. The number of carbonyl (C=O) groups excluding carboxylic acids is 1. The van der Waals surface area contributed by atoms with Crippen LogP contribution in [0.25, 0.3) is 17.0 Å². The summed E-state index contributed by atoms with van der Waals surface area (Å²) in [6.07, 6.45) is 4.47. The molecule has 3 aromatic rings. The lowest BCUT2D eigenvalue weighted by molar-refractivity contribution is -0.117. The highest BCUT2D eigenvalue weighted by Gasteiger charge is 2.29. The van der Waals surface area contributed by atoms with Gasteiger partial charge in [-0.3, -0.25) is 9.89 Å². The number of amides is 1. The fourth-order valence-electron chi connectivity index (χ4n) is 3.67. The van der Waals surface area contributed by atoms with E-state index < -0.39 is 0 Å². The molecule has 1 aliphatic rings. The number of benzene rings is 2. The summed E-state index contributed by atoms with van der Waals surface area (Å²) in [6.45, 7) is 4.16. The summed E-state index contributed by atoms with van der Waals surface area (Å²) in [5.41, 5.74) is 5.53. The smallest absolute Gasteiger partial charge is 0.244 e. The van der Waals surface area contributed by atoms with Gasteiger partial charge in [-0.15, -0.1) is 0 Å². The zero-order valence-corrected chi connectivity index (χ0v) is 14.4. The number of carbonyl (C=O) groups is 1. The van der Waals surface area contributed by atoms with E-state index in [2.05, 4.69) is 40.6 Å². The second kappa shape index (κ2) is 6.20. The Labute approximate surface area is 147 Å². The molecule has 2 atom stereocenters. The van der Waals surface area contributed by atoms with Crippen LogP contribution in [0.4, 0.5) is 0 Å². The molecule has 2 N–H and O–H groups in total. The summed E-state index contributed by atoms with van der Waals surface area (Å²) in [6, 6.07) is 14.5. The van der Waals surface area contributed by atoms with Gasteiger partial charge < -0.3 is 5.32 Å². The van der Waals surface area contributed by atoms with Crippen LogP contribution in [0.15, 0.2) is 48.5 Å². The van der Waals surface area contributed by atoms with Crippen molar-refractivity contribution in [1.82, 2.24) is 15.5 Å². The minimum atomic E-state index is -0.0607. The highest BCUT2D eigenvalue weighted by Crippen LogP contribution is 2.35. The van der Waals surface area contributed by atoms with Crippen molar-refractivity contribution in [1.29, 1.82) is 0 Å². The van der Waals surface area contributed by atoms with Crippen LogP contribution < -0.4 is 5.32 Å². The third-order valence-electron chi connectivity index (χ3n) is 5.00. The van der Waals surface area contributed by atoms with Gasteiger partial charge in [-0.05, 0) is 48.1 Å². The van der Waals surface area contributed by atoms with E-state index in [1.165, 1.54) is 11.1 Å². The standard InChI is InChI=1S/C21H21N3O/c1-13-11-16-5-3-4-6-18(16)21(13)22-20(25)10-8-15-7-9-17-14(2)23-24-19(17)12-15/h3-10,12-13,21H,11H2,1-2H3,(H,22,25)(H,23,24)/b10-8+. The molecule has 4 nitrogen and oxygen atoms in total. The lowest BCUT2D eigenvalue weighted by atomic mass is 10.0. The quantitative estimate of drug-likeness (QED) is 0.714. The molecule has 0 fully saturated rings. The summed E-state index contributed by atoms with van der Waals surface area (Å²) >= 11 is 0. The molecular weight excluding hydrogens is 310 g/mol. The van der Waals surface area contributed by atoms with Gasteiger partial charge in [-0.2, -0.15) is 5.10 Å². The number of aromatic nitrogens is 2. The third-order valence-corrected chi connectivity index (χ3v) is 5.00. The van der Waals surface area contributed by atoms with Crippen molar-refractivity contribution in [2.45, 2.75) is 26.3 Å². The minimum Gasteiger partial charge on any atom is -0.345 e. The van der Waals surface area contributed by atoms with E-state index in [-0.39, 0.29) is 11.9 Å². The van der Waals surface area contributed by atoms with Crippen molar-refractivity contribution >= 4 is 22.9 Å². The maximum atomic E-state index is 12.4. The van der Waals surface area contributed by atoms with Crippen molar-refractivity contribution in [3.63, 3.8) is 0 Å². The van der Waals surface area contributed by atoms with E-state index in [1.807, 2.05) is 37.3 Å². The first kappa shape index (κ1) is 15.6. The van der Waals surface area contributed by atoms with Crippen molar-refractivity contribution in [3.05, 3.63) is 70.9 Å². The third kappa shape index (κ3) is 2.95. The van der Waals surface area contributed by atoms with Crippen LogP contribution in [0.1, 0.15) is 35.3 Å². The maximum Gasteiger partial charge on any atom is 0.244 e. The van der Waals surface area contributed by atoms with Gasteiger partial charge in [-0.25, -0.2) is 0 Å². The SMILES string of the molecule is Cc1n[nH]c2cc(/C=C/C(=O)NC3c4ccccc4CC3C)ccc12. The van der Waals surface area contributed by atoms with E-state index >= 15 is 0 Å². The Morgan fingerprint density at radius 3 is 3.00 bits per heavy atom. The number of nitrogens with zero attached hydrogens (tertiary/aromatic N) is 1. The maximum absolute atomic E-state index is 12.4. The summed E-state index contributed by atoms with van der Waals surface area (Å²) in [5, 5.41) is 11.5. The summed E-state index contributed by atoms with van der Waals surface area (Å²) in [5.74, 6) is 0.355. The first-order chi connectivity index (χ1) is 12.1. The molecule has 1 aliphatic carbocycles. The van der Waals surface area contributed by atoms with E-state index in [1.54, 1.807) is 6.08 Å². The first-order valence-electron chi connectivity index (χ1n) is 8.63. The molecule has 1 aromatic heterocycles. The van der Waals surface area contributed by atoms with E-state index in [0.29, 0.717) is 5.92 Å². The number of aryl methyl sites for hydroxylation is 1. The van der Waals surface area contributed by atoms with E-state index in [4.69, 9.17) is 0 Å². The van der Waals surface area contributed by atoms with Gasteiger partial charge in [0.25, 0.3) is 0 Å². The Hall–Kier alpha value is -2.88. The molecule has 126 valence electrons. The molecule has 0 radical (unpaired) electrons. The summed E-state index contributed by atoms with van der Waals surface area (Å²) < 4.78 is 0. The number of nitrogens with one attached hydrogen (secondary N) is 2. The second-order valence-corrected chi connectivity index (χ2v) is 6.81. The Balaban J connectivity index is 1.49. The van der Waals surface area contributed by atoms with Crippen LogP contribution in [0, 0.1) is 12.8 Å². The van der Waals surface area contributed by atoms with Gasteiger partial charge in [0, 0.05) is 11.5 Å². The number of aromatic amines is 1. The largest absolute Gasteiger partial charge is 0.345 e. The first-order valence-corrected chi connectivity index (χ1v) is 8.63. The number of hydrogen-bond donors (Lipinski definition) is 2. The molecule has 0 spiro atoms. The Morgan fingerprint density at radius 2 is 2.12 bits per heavy atom. The fourth-order valence-corrected chi connectivity index (χ4v) is 3.67. The topological polar surface area (TPSA) is 57.8 Å². The van der Waals surface area contributed by atoms with Crippen LogP contribution in [0.3, 0.4) is 0 Å². The van der Waals surface area contributed by atoms with Gasteiger partial charge >= 0.3 is 0 Å². The highest BCUT2D eigenvalue weighted by atomic mass is 16.1. The molecule has 0 saturated heterocycles. The van der Waals surface area contributed by atoms with Crippen molar-refractivity contribution in [3.8, 4) is 0 Å². The zero-order chi connectivity index (χ0) is 17.4. The monoisotopic (exact) mass is 331 g/mol. The predicted molar refractivity (Wildman–Crippen MR) is 100 cm³/mol. The van der Waals surface area contributed by atoms with Crippen molar-refractivity contribution < 1.29 is 4.79 Å². The molecule has 4 heteroatoms. The average Bonchev–Trinajstić information content (AvgIpc) is 3.13. The van der Waals surface area contributed by atoms with Gasteiger partial charge in [0.05, 0.1) is 17.3 Å². The van der Waals surface area contributed by atoms with Gasteiger partial charge in [0.15, 0.2) is 0 Å². The Bertz CT molecular complexity index is 970. The van der Waals surface area contributed by atoms with Crippen LogP contribution in [0.5, 0.6) is 0 Å². The normalized spacial score (nSPS) is 19.4. The summed E-state index contributed by atoms with van der Waals surface area (Å²) in [7, 11) is 0.